The van der Waals surface area contributed by atoms with Crippen molar-refractivity contribution in [1.29, 1.82) is 0 Å². The summed E-state index contributed by atoms with van der Waals surface area (Å²) in [6.45, 7) is 2.57. The minimum atomic E-state index is 0.510. The number of nitrogens with zero attached hydrogens (tertiary/aromatic N) is 6. The molecule has 8 heteroatoms. The van der Waals surface area contributed by atoms with Gasteiger partial charge in [-0.2, -0.15) is 5.10 Å². The second-order valence-electron chi connectivity index (χ2n) is 5.96. The Morgan fingerprint density at radius 2 is 2.12 bits per heavy atom. The van der Waals surface area contributed by atoms with E-state index in [1.807, 2.05) is 49.0 Å². The molecular weight excluding hydrogens is 330 g/mol. The highest BCUT2D eigenvalue weighted by molar-refractivity contribution is 5.63. The largest absolute Gasteiger partial charge is 0.493 e. The van der Waals surface area contributed by atoms with Crippen LogP contribution >= 0.6 is 0 Å². The lowest BCUT2D eigenvalue weighted by Gasteiger charge is -2.10. The van der Waals surface area contributed by atoms with E-state index in [4.69, 9.17) is 4.74 Å². The molecule has 4 heterocycles. The maximum atomic E-state index is 5.39. The molecule has 1 N–H and O–H groups in total. The second-order valence-corrected chi connectivity index (χ2v) is 5.96. The number of aromatic nitrogens is 6. The lowest BCUT2D eigenvalue weighted by Crippen LogP contribution is -2.06. The van der Waals surface area contributed by atoms with Gasteiger partial charge in [-0.15, -0.1) is 0 Å². The maximum Gasteiger partial charge on any atom is 0.223 e. The third-order valence-corrected chi connectivity index (χ3v) is 4.19. The SMILES string of the molecule is COc1cnc(NCc2cn3cccc(C)c3n2)nc1-c1ccnn1C. The molecular formula is C18H19N7O. The number of fused-ring (bicyclic) bond motifs is 1. The van der Waals surface area contributed by atoms with Gasteiger partial charge in [-0.25, -0.2) is 15.0 Å². The Morgan fingerprint density at radius 1 is 1.23 bits per heavy atom. The summed E-state index contributed by atoms with van der Waals surface area (Å²) in [5.41, 5.74) is 4.56. The third-order valence-electron chi connectivity index (χ3n) is 4.19. The third kappa shape index (κ3) is 2.85. The Morgan fingerprint density at radius 3 is 2.85 bits per heavy atom. The molecule has 26 heavy (non-hydrogen) atoms. The number of imidazole rings is 1. The van der Waals surface area contributed by atoms with Crippen LogP contribution in [0.1, 0.15) is 11.3 Å². The van der Waals surface area contributed by atoms with Crippen molar-refractivity contribution in [3.63, 3.8) is 0 Å². The first-order valence-corrected chi connectivity index (χ1v) is 8.22. The summed E-state index contributed by atoms with van der Waals surface area (Å²) in [5.74, 6) is 1.11. The monoisotopic (exact) mass is 349 g/mol. The van der Waals surface area contributed by atoms with Crippen LogP contribution < -0.4 is 10.1 Å². The van der Waals surface area contributed by atoms with Crippen molar-refractivity contribution < 1.29 is 4.74 Å². The highest BCUT2D eigenvalue weighted by atomic mass is 16.5. The molecule has 0 radical (unpaired) electrons. The number of hydrogen-bond donors (Lipinski definition) is 1. The lowest BCUT2D eigenvalue weighted by molar-refractivity contribution is 0.412. The predicted octanol–water partition coefficient (Wildman–Crippen LogP) is 2.45. The van der Waals surface area contributed by atoms with Crippen molar-refractivity contribution in [3.8, 4) is 17.1 Å². The number of aryl methyl sites for hydroxylation is 2. The molecule has 0 aliphatic heterocycles. The number of pyridine rings is 1. The number of anilines is 1. The van der Waals surface area contributed by atoms with E-state index < -0.39 is 0 Å². The van der Waals surface area contributed by atoms with Gasteiger partial charge in [-0.1, -0.05) is 6.07 Å². The minimum absolute atomic E-state index is 0.510. The molecule has 4 rings (SSSR count). The zero-order valence-electron chi connectivity index (χ0n) is 14.8. The molecule has 0 atom stereocenters. The Hall–Kier alpha value is -3.42. The Bertz CT molecular complexity index is 1070. The van der Waals surface area contributed by atoms with Gasteiger partial charge in [0.25, 0.3) is 0 Å². The number of ether oxygens (including phenoxy) is 1. The fourth-order valence-electron chi connectivity index (χ4n) is 2.85. The van der Waals surface area contributed by atoms with Crippen LogP contribution in [0, 0.1) is 6.92 Å². The average Bonchev–Trinajstić information content (AvgIpc) is 3.26. The zero-order valence-corrected chi connectivity index (χ0v) is 14.8. The van der Waals surface area contributed by atoms with Crippen molar-refractivity contribution in [2.75, 3.05) is 12.4 Å². The average molecular weight is 349 g/mol. The summed E-state index contributed by atoms with van der Waals surface area (Å²) in [5, 5.41) is 7.42. The Kier molecular flexibility index (Phi) is 4.00. The second kappa shape index (κ2) is 6.47. The van der Waals surface area contributed by atoms with Crippen molar-refractivity contribution >= 4 is 11.6 Å². The minimum Gasteiger partial charge on any atom is -0.493 e. The van der Waals surface area contributed by atoms with Gasteiger partial charge in [0.2, 0.25) is 5.95 Å². The molecule has 0 fully saturated rings. The highest BCUT2D eigenvalue weighted by Crippen LogP contribution is 2.27. The first-order chi connectivity index (χ1) is 12.7. The molecule has 0 saturated heterocycles. The van der Waals surface area contributed by atoms with Gasteiger partial charge in [-0.3, -0.25) is 4.68 Å². The summed E-state index contributed by atoms with van der Waals surface area (Å²) in [4.78, 5) is 13.6. The van der Waals surface area contributed by atoms with Crippen molar-refractivity contribution in [1.82, 2.24) is 29.1 Å². The van der Waals surface area contributed by atoms with Crippen molar-refractivity contribution in [2.24, 2.45) is 7.05 Å². The van der Waals surface area contributed by atoms with E-state index in [2.05, 4.69) is 25.4 Å². The summed E-state index contributed by atoms with van der Waals surface area (Å²) in [6.07, 6.45) is 7.37. The van der Waals surface area contributed by atoms with Crippen LogP contribution in [0.3, 0.4) is 0 Å². The fourth-order valence-corrected chi connectivity index (χ4v) is 2.85. The molecule has 8 nitrogen and oxygen atoms in total. The molecule has 0 spiro atoms. The zero-order chi connectivity index (χ0) is 18.1. The summed E-state index contributed by atoms with van der Waals surface area (Å²) < 4.78 is 9.15. The van der Waals surface area contributed by atoms with E-state index in [1.165, 1.54) is 0 Å². The summed E-state index contributed by atoms with van der Waals surface area (Å²) >= 11 is 0. The van der Waals surface area contributed by atoms with Crippen molar-refractivity contribution in [2.45, 2.75) is 13.5 Å². The molecule has 0 unspecified atom stereocenters. The van der Waals surface area contributed by atoms with E-state index in [0.717, 1.165) is 22.6 Å². The van der Waals surface area contributed by atoms with Gasteiger partial charge < -0.3 is 14.5 Å². The van der Waals surface area contributed by atoms with Crippen LogP contribution in [-0.2, 0) is 13.6 Å². The van der Waals surface area contributed by atoms with Gasteiger partial charge in [0, 0.05) is 25.6 Å². The Balaban J connectivity index is 1.60. The number of rotatable bonds is 5. The molecule has 0 aliphatic rings. The first-order valence-electron chi connectivity index (χ1n) is 8.22. The van der Waals surface area contributed by atoms with E-state index in [-0.39, 0.29) is 0 Å². The molecule has 4 aromatic heterocycles. The van der Waals surface area contributed by atoms with Crippen molar-refractivity contribution in [3.05, 3.63) is 54.2 Å². The molecule has 0 amide bonds. The summed E-state index contributed by atoms with van der Waals surface area (Å²) in [7, 11) is 3.47. The van der Waals surface area contributed by atoms with Gasteiger partial charge in [0.05, 0.1) is 31.2 Å². The lowest BCUT2D eigenvalue weighted by atomic mass is 10.3. The van der Waals surface area contributed by atoms with E-state index >= 15 is 0 Å². The molecule has 0 bridgehead atoms. The number of nitrogens with one attached hydrogen (secondary N) is 1. The summed E-state index contributed by atoms with van der Waals surface area (Å²) in [6, 6.07) is 5.94. The molecule has 4 aromatic rings. The van der Waals surface area contributed by atoms with Crippen LogP contribution in [-0.4, -0.2) is 36.2 Å². The molecule has 0 saturated carbocycles. The Labute approximate surface area is 150 Å². The normalized spacial score (nSPS) is 11.0. The van der Waals surface area contributed by atoms with E-state index in [0.29, 0.717) is 23.9 Å². The van der Waals surface area contributed by atoms with Gasteiger partial charge in [0.15, 0.2) is 5.75 Å². The van der Waals surface area contributed by atoms with Crippen LogP contribution in [0.2, 0.25) is 0 Å². The van der Waals surface area contributed by atoms with E-state index in [9.17, 15) is 0 Å². The quantitative estimate of drug-likeness (QED) is 0.596. The predicted molar refractivity (Wildman–Crippen MR) is 98.0 cm³/mol. The highest BCUT2D eigenvalue weighted by Gasteiger charge is 2.13. The van der Waals surface area contributed by atoms with E-state index in [1.54, 1.807) is 24.2 Å². The number of methoxy groups -OCH3 is 1. The standard InChI is InChI=1S/C18H19N7O/c1-12-5-4-8-25-11-13(22-17(12)25)9-19-18-20-10-15(26-3)16(23-18)14-6-7-21-24(14)2/h4-8,10-11H,9H2,1-3H3,(H,19,20,23). The van der Waals surface area contributed by atoms with Gasteiger partial charge in [0.1, 0.15) is 11.3 Å². The molecule has 0 aromatic carbocycles. The topological polar surface area (TPSA) is 82.2 Å². The van der Waals surface area contributed by atoms with Crippen LogP contribution in [0.15, 0.2) is 43.0 Å². The fraction of sp³-hybridized carbons (Fsp3) is 0.222. The van der Waals surface area contributed by atoms with Crippen LogP contribution in [0.5, 0.6) is 5.75 Å². The van der Waals surface area contributed by atoms with Gasteiger partial charge >= 0.3 is 0 Å². The number of hydrogen-bond acceptors (Lipinski definition) is 6. The van der Waals surface area contributed by atoms with Crippen LogP contribution in [0.4, 0.5) is 5.95 Å². The smallest absolute Gasteiger partial charge is 0.223 e. The van der Waals surface area contributed by atoms with Crippen LogP contribution in [0.25, 0.3) is 17.0 Å². The van der Waals surface area contributed by atoms with Gasteiger partial charge in [-0.05, 0) is 24.6 Å². The maximum absolute atomic E-state index is 5.39. The first kappa shape index (κ1) is 16.1. The molecule has 132 valence electrons. The molecule has 0 aliphatic carbocycles.